The second-order valence-electron chi connectivity index (χ2n) is 7.54. The molecule has 0 bridgehead atoms. The SMILES string of the molecule is CCCCCCCCCCCC(CC)O[Si](C)(C)CCCC#N. The monoisotopic (exact) mass is 339 g/mol. The first-order valence-electron chi connectivity index (χ1n) is 10.1. The smallest absolute Gasteiger partial charge is 0.187 e. The van der Waals surface area contributed by atoms with E-state index in [2.05, 4.69) is 33.0 Å². The van der Waals surface area contributed by atoms with Crippen molar-refractivity contribution >= 4 is 8.32 Å². The van der Waals surface area contributed by atoms with Gasteiger partial charge in [-0.1, -0.05) is 71.6 Å². The molecule has 0 aromatic heterocycles. The molecular weight excluding hydrogens is 298 g/mol. The van der Waals surface area contributed by atoms with Gasteiger partial charge in [-0.25, -0.2) is 0 Å². The lowest BCUT2D eigenvalue weighted by molar-refractivity contribution is 0.172. The molecule has 0 aromatic rings. The minimum atomic E-state index is -1.57. The van der Waals surface area contributed by atoms with Crippen LogP contribution in [0.3, 0.4) is 0 Å². The van der Waals surface area contributed by atoms with Crippen LogP contribution in [-0.2, 0) is 4.43 Å². The topological polar surface area (TPSA) is 33.0 Å². The van der Waals surface area contributed by atoms with Crippen molar-refractivity contribution in [3.63, 3.8) is 0 Å². The van der Waals surface area contributed by atoms with E-state index in [1.54, 1.807) is 0 Å². The molecule has 3 heteroatoms. The Labute approximate surface area is 147 Å². The third kappa shape index (κ3) is 15.0. The molecule has 0 radical (unpaired) electrons. The van der Waals surface area contributed by atoms with E-state index in [1.165, 1.54) is 64.2 Å². The highest BCUT2D eigenvalue weighted by Crippen LogP contribution is 2.21. The summed E-state index contributed by atoms with van der Waals surface area (Å²) in [6.45, 7) is 9.14. The molecular formula is C20H41NOSi. The van der Waals surface area contributed by atoms with Gasteiger partial charge in [0.2, 0.25) is 0 Å². The highest BCUT2D eigenvalue weighted by atomic mass is 28.4. The van der Waals surface area contributed by atoms with E-state index in [0.717, 1.165) is 18.9 Å². The van der Waals surface area contributed by atoms with E-state index in [9.17, 15) is 0 Å². The zero-order valence-corrected chi connectivity index (χ0v) is 17.3. The molecule has 0 N–H and O–H groups in total. The second kappa shape index (κ2) is 15.2. The van der Waals surface area contributed by atoms with Crippen LogP contribution in [-0.4, -0.2) is 14.4 Å². The van der Waals surface area contributed by atoms with Gasteiger partial charge in [0, 0.05) is 12.5 Å². The Bertz CT molecular complexity index is 299. The molecule has 0 amide bonds. The number of nitrogens with zero attached hydrogens (tertiary/aromatic N) is 1. The van der Waals surface area contributed by atoms with Crippen molar-refractivity contribution in [2.24, 2.45) is 0 Å². The molecule has 0 fully saturated rings. The maximum absolute atomic E-state index is 8.66. The number of unbranched alkanes of at least 4 members (excludes halogenated alkanes) is 9. The van der Waals surface area contributed by atoms with E-state index >= 15 is 0 Å². The van der Waals surface area contributed by atoms with Crippen LogP contribution in [0, 0.1) is 11.3 Å². The van der Waals surface area contributed by atoms with Crippen molar-refractivity contribution in [2.45, 2.75) is 123 Å². The highest BCUT2D eigenvalue weighted by Gasteiger charge is 2.25. The normalized spacial score (nSPS) is 13.0. The molecule has 0 heterocycles. The summed E-state index contributed by atoms with van der Waals surface area (Å²) in [4.78, 5) is 0. The number of hydrogen-bond acceptors (Lipinski definition) is 2. The van der Waals surface area contributed by atoms with E-state index in [4.69, 9.17) is 9.69 Å². The largest absolute Gasteiger partial charge is 0.414 e. The summed E-state index contributed by atoms with van der Waals surface area (Å²) < 4.78 is 6.44. The third-order valence-electron chi connectivity index (χ3n) is 4.64. The van der Waals surface area contributed by atoms with Gasteiger partial charge in [-0.05, 0) is 38.4 Å². The van der Waals surface area contributed by atoms with E-state index in [0.29, 0.717) is 12.5 Å². The summed E-state index contributed by atoms with van der Waals surface area (Å²) in [6, 6.07) is 3.36. The molecule has 23 heavy (non-hydrogen) atoms. The third-order valence-corrected chi connectivity index (χ3v) is 7.17. The van der Waals surface area contributed by atoms with Crippen LogP contribution in [0.2, 0.25) is 19.1 Å². The molecule has 0 aliphatic heterocycles. The van der Waals surface area contributed by atoms with Crippen LogP contribution in [0.4, 0.5) is 0 Å². The predicted molar refractivity (Wildman–Crippen MR) is 104 cm³/mol. The van der Waals surface area contributed by atoms with Gasteiger partial charge in [0.05, 0.1) is 6.07 Å². The number of rotatable bonds is 16. The Kier molecular flexibility index (Phi) is 15.0. The van der Waals surface area contributed by atoms with E-state index in [1.807, 2.05) is 0 Å². The molecule has 0 spiro atoms. The van der Waals surface area contributed by atoms with Crippen LogP contribution < -0.4 is 0 Å². The maximum Gasteiger partial charge on any atom is 0.187 e. The average Bonchev–Trinajstić information content (AvgIpc) is 2.52. The minimum absolute atomic E-state index is 0.448. The summed E-state index contributed by atoms with van der Waals surface area (Å²) >= 11 is 0. The van der Waals surface area contributed by atoms with Gasteiger partial charge in [-0.15, -0.1) is 0 Å². The molecule has 0 aromatic carbocycles. The fraction of sp³-hybridized carbons (Fsp3) is 0.950. The molecule has 0 aliphatic carbocycles. The van der Waals surface area contributed by atoms with Crippen molar-refractivity contribution < 1.29 is 4.43 Å². The summed E-state index contributed by atoms with van der Waals surface area (Å²) in [5.41, 5.74) is 0. The first-order chi connectivity index (χ1) is 11.1. The van der Waals surface area contributed by atoms with Gasteiger partial charge in [0.15, 0.2) is 8.32 Å². The van der Waals surface area contributed by atoms with Gasteiger partial charge in [0.25, 0.3) is 0 Å². The van der Waals surface area contributed by atoms with Crippen molar-refractivity contribution in [1.82, 2.24) is 0 Å². The van der Waals surface area contributed by atoms with E-state index in [-0.39, 0.29) is 0 Å². The molecule has 0 saturated heterocycles. The van der Waals surface area contributed by atoms with Crippen molar-refractivity contribution in [3.8, 4) is 6.07 Å². The Balaban J connectivity index is 3.67. The van der Waals surface area contributed by atoms with Gasteiger partial charge < -0.3 is 4.43 Å². The summed E-state index contributed by atoms with van der Waals surface area (Å²) in [5, 5.41) is 8.66. The Hall–Kier alpha value is -0.333. The molecule has 0 aliphatic rings. The van der Waals surface area contributed by atoms with Crippen molar-refractivity contribution in [2.75, 3.05) is 0 Å². The fourth-order valence-electron chi connectivity index (χ4n) is 3.13. The first-order valence-corrected chi connectivity index (χ1v) is 13.2. The Morgan fingerprint density at radius 1 is 0.870 bits per heavy atom. The van der Waals surface area contributed by atoms with Gasteiger partial charge in [-0.2, -0.15) is 5.26 Å². The van der Waals surface area contributed by atoms with Crippen LogP contribution >= 0.6 is 0 Å². The Morgan fingerprint density at radius 2 is 1.43 bits per heavy atom. The van der Waals surface area contributed by atoms with Gasteiger partial charge >= 0.3 is 0 Å². The average molecular weight is 340 g/mol. The van der Waals surface area contributed by atoms with Gasteiger partial charge in [-0.3, -0.25) is 0 Å². The quantitative estimate of drug-likeness (QED) is 0.220. The molecule has 2 nitrogen and oxygen atoms in total. The van der Waals surface area contributed by atoms with Crippen LogP contribution in [0.15, 0.2) is 0 Å². The zero-order chi connectivity index (χ0) is 17.4. The van der Waals surface area contributed by atoms with E-state index < -0.39 is 8.32 Å². The molecule has 0 rings (SSSR count). The van der Waals surface area contributed by atoms with Crippen LogP contribution in [0.5, 0.6) is 0 Å². The summed E-state index contributed by atoms with van der Waals surface area (Å²) in [6.07, 6.45) is 17.0. The standard InChI is InChI=1S/C20H41NOSi/c1-5-7-8-9-10-11-12-13-14-17-20(6-2)22-23(3,4)19-16-15-18-21/h20H,5-17,19H2,1-4H3. The number of nitriles is 1. The van der Waals surface area contributed by atoms with Crippen molar-refractivity contribution in [1.29, 1.82) is 5.26 Å². The maximum atomic E-state index is 8.66. The predicted octanol–water partition coefficient (Wildman–Crippen LogP) is 7.21. The lowest BCUT2D eigenvalue weighted by atomic mass is 10.0. The lowest BCUT2D eigenvalue weighted by Crippen LogP contribution is -2.35. The summed E-state index contributed by atoms with van der Waals surface area (Å²) in [7, 11) is -1.57. The number of hydrogen-bond donors (Lipinski definition) is 0. The van der Waals surface area contributed by atoms with Crippen molar-refractivity contribution in [3.05, 3.63) is 0 Å². The minimum Gasteiger partial charge on any atom is -0.414 e. The fourth-order valence-corrected chi connectivity index (χ4v) is 5.47. The zero-order valence-electron chi connectivity index (χ0n) is 16.3. The Morgan fingerprint density at radius 3 is 1.96 bits per heavy atom. The second-order valence-corrected chi connectivity index (χ2v) is 11.8. The van der Waals surface area contributed by atoms with Crippen LogP contribution in [0.25, 0.3) is 0 Å². The first kappa shape index (κ1) is 22.7. The lowest BCUT2D eigenvalue weighted by Gasteiger charge is -2.29. The van der Waals surface area contributed by atoms with Crippen LogP contribution in [0.1, 0.15) is 97.3 Å². The summed E-state index contributed by atoms with van der Waals surface area (Å²) in [5.74, 6) is 0. The highest BCUT2D eigenvalue weighted by molar-refractivity contribution is 6.71. The molecule has 1 unspecified atom stereocenters. The molecule has 0 saturated carbocycles. The molecule has 1 atom stereocenters. The molecule has 136 valence electrons. The van der Waals surface area contributed by atoms with Gasteiger partial charge in [0.1, 0.15) is 0 Å².